The molecule has 0 unspecified atom stereocenters. The maximum Gasteiger partial charge on any atom is 0.180 e. The second-order valence-corrected chi connectivity index (χ2v) is 7.13. The number of nitrogens with one attached hydrogen (secondary N) is 1. The highest BCUT2D eigenvalue weighted by Crippen LogP contribution is 2.27. The van der Waals surface area contributed by atoms with Crippen molar-refractivity contribution in [3.05, 3.63) is 71.5 Å². The molecule has 5 rings (SSSR count). The zero-order chi connectivity index (χ0) is 18.9. The summed E-state index contributed by atoms with van der Waals surface area (Å²) in [5, 5.41) is 0.681. The van der Waals surface area contributed by atoms with Crippen LogP contribution in [0.5, 0.6) is 0 Å². The molecule has 1 fully saturated rings. The molecular weight excluding hydrogens is 374 g/mol. The Bertz CT molecular complexity index is 1110. The average Bonchev–Trinajstić information content (AvgIpc) is 3.18. The maximum atomic E-state index is 6.10. The van der Waals surface area contributed by atoms with Crippen LogP contribution in [0.3, 0.4) is 0 Å². The first-order chi connectivity index (χ1) is 13.8. The number of anilines is 1. The number of H-pyrrole nitrogens is 1. The molecule has 140 valence electrons. The van der Waals surface area contributed by atoms with Gasteiger partial charge in [0.15, 0.2) is 5.65 Å². The lowest BCUT2D eigenvalue weighted by Crippen LogP contribution is -2.39. The number of rotatable bonds is 3. The summed E-state index contributed by atoms with van der Waals surface area (Å²) < 4.78 is 5.91. The van der Waals surface area contributed by atoms with Crippen LogP contribution in [-0.4, -0.2) is 39.6 Å². The Hall–Kier alpha value is -2.96. The SMILES string of the molecule is Clc1cccc(-c2nc3nc(N4CCO[C@H](c5ccccn5)C4)ccc3[nH]2)c1. The normalized spacial score (nSPS) is 17.2. The summed E-state index contributed by atoms with van der Waals surface area (Å²) in [6.07, 6.45) is 1.73. The van der Waals surface area contributed by atoms with E-state index in [1.807, 2.05) is 54.6 Å². The van der Waals surface area contributed by atoms with Gasteiger partial charge >= 0.3 is 0 Å². The van der Waals surface area contributed by atoms with Gasteiger partial charge in [-0.2, -0.15) is 0 Å². The first kappa shape index (κ1) is 17.2. The molecule has 1 N–H and O–H groups in total. The van der Waals surface area contributed by atoms with Gasteiger partial charge in [-0.25, -0.2) is 9.97 Å². The van der Waals surface area contributed by atoms with E-state index in [2.05, 4.69) is 19.9 Å². The van der Waals surface area contributed by atoms with Crippen LogP contribution < -0.4 is 4.90 Å². The van der Waals surface area contributed by atoms with Crippen molar-refractivity contribution in [2.75, 3.05) is 24.6 Å². The van der Waals surface area contributed by atoms with Crippen molar-refractivity contribution >= 4 is 28.6 Å². The molecule has 1 aromatic carbocycles. The number of imidazole rings is 1. The van der Waals surface area contributed by atoms with Gasteiger partial charge in [-0.1, -0.05) is 29.8 Å². The summed E-state index contributed by atoms with van der Waals surface area (Å²) >= 11 is 6.10. The average molecular weight is 392 g/mol. The van der Waals surface area contributed by atoms with Crippen molar-refractivity contribution in [2.24, 2.45) is 0 Å². The number of aromatic nitrogens is 4. The van der Waals surface area contributed by atoms with Gasteiger partial charge in [-0.05, 0) is 36.4 Å². The molecule has 0 radical (unpaired) electrons. The zero-order valence-electron chi connectivity index (χ0n) is 15.0. The maximum absolute atomic E-state index is 6.10. The number of aromatic amines is 1. The van der Waals surface area contributed by atoms with Crippen LogP contribution in [0.1, 0.15) is 11.8 Å². The number of halogens is 1. The van der Waals surface area contributed by atoms with Gasteiger partial charge in [-0.15, -0.1) is 0 Å². The number of nitrogens with zero attached hydrogens (tertiary/aromatic N) is 4. The lowest BCUT2D eigenvalue weighted by atomic mass is 10.2. The third kappa shape index (κ3) is 3.32. The van der Waals surface area contributed by atoms with Crippen LogP contribution in [0, 0.1) is 0 Å². The van der Waals surface area contributed by atoms with Crippen LogP contribution in [0.4, 0.5) is 5.82 Å². The van der Waals surface area contributed by atoms with Crippen molar-refractivity contribution in [1.82, 2.24) is 19.9 Å². The quantitative estimate of drug-likeness (QED) is 0.565. The number of hydrogen-bond donors (Lipinski definition) is 1. The Morgan fingerprint density at radius 3 is 2.89 bits per heavy atom. The Kier molecular flexibility index (Phi) is 4.43. The van der Waals surface area contributed by atoms with Crippen molar-refractivity contribution in [3.63, 3.8) is 0 Å². The van der Waals surface area contributed by atoms with Gasteiger partial charge in [0.1, 0.15) is 17.7 Å². The second-order valence-electron chi connectivity index (χ2n) is 6.70. The summed E-state index contributed by atoms with van der Waals surface area (Å²) in [6, 6.07) is 17.5. The number of morpholine rings is 1. The van der Waals surface area contributed by atoms with Crippen molar-refractivity contribution in [2.45, 2.75) is 6.10 Å². The Morgan fingerprint density at radius 2 is 2.04 bits per heavy atom. The molecule has 1 aliphatic rings. The summed E-state index contributed by atoms with van der Waals surface area (Å²) in [6.45, 7) is 2.13. The summed E-state index contributed by atoms with van der Waals surface area (Å²) in [5.74, 6) is 1.65. The van der Waals surface area contributed by atoms with Crippen LogP contribution >= 0.6 is 11.6 Å². The van der Waals surface area contributed by atoms with E-state index in [1.54, 1.807) is 6.20 Å². The molecule has 3 aromatic heterocycles. The largest absolute Gasteiger partial charge is 0.368 e. The van der Waals surface area contributed by atoms with E-state index in [4.69, 9.17) is 21.3 Å². The Labute approximate surface area is 167 Å². The van der Waals surface area contributed by atoms with Crippen molar-refractivity contribution in [1.29, 1.82) is 0 Å². The first-order valence-electron chi connectivity index (χ1n) is 9.16. The fraction of sp³-hybridized carbons (Fsp3) is 0.190. The molecule has 1 aliphatic heterocycles. The van der Waals surface area contributed by atoms with E-state index in [9.17, 15) is 0 Å². The highest BCUT2D eigenvalue weighted by atomic mass is 35.5. The fourth-order valence-electron chi connectivity index (χ4n) is 3.43. The van der Waals surface area contributed by atoms with E-state index in [-0.39, 0.29) is 6.10 Å². The molecule has 6 nitrogen and oxygen atoms in total. The topological polar surface area (TPSA) is 66.9 Å². The number of hydrogen-bond acceptors (Lipinski definition) is 5. The van der Waals surface area contributed by atoms with Gasteiger partial charge in [0, 0.05) is 23.3 Å². The second kappa shape index (κ2) is 7.22. The van der Waals surface area contributed by atoms with E-state index in [0.29, 0.717) is 23.8 Å². The number of fused-ring (bicyclic) bond motifs is 1. The van der Waals surface area contributed by atoms with Gasteiger partial charge < -0.3 is 14.6 Å². The molecule has 4 aromatic rings. The minimum atomic E-state index is -0.0614. The van der Waals surface area contributed by atoms with Crippen LogP contribution in [-0.2, 0) is 4.74 Å². The first-order valence-corrected chi connectivity index (χ1v) is 9.54. The fourth-order valence-corrected chi connectivity index (χ4v) is 3.62. The van der Waals surface area contributed by atoms with Gasteiger partial charge in [0.25, 0.3) is 0 Å². The van der Waals surface area contributed by atoms with E-state index in [0.717, 1.165) is 35.0 Å². The van der Waals surface area contributed by atoms with E-state index < -0.39 is 0 Å². The minimum absolute atomic E-state index is 0.0614. The Morgan fingerprint density at radius 1 is 1.07 bits per heavy atom. The molecule has 28 heavy (non-hydrogen) atoms. The monoisotopic (exact) mass is 391 g/mol. The third-order valence-corrected chi connectivity index (χ3v) is 5.07. The van der Waals surface area contributed by atoms with Crippen molar-refractivity contribution < 1.29 is 4.74 Å². The molecule has 0 spiro atoms. The zero-order valence-corrected chi connectivity index (χ0v) is 15.8. The van der Waals surface area contributed by atoms with Gasteiger partial charge in [0.05, 0.1) is 24.4 Å². The molecule has 4 heterocycles. The Balaban J connectivity index is 1.43. The standard InChI is InChI=1S/C21H18ClN5O/c22-15-5-3-4-14(12-15)20-24-17-7-8-19(25-21(17)26-20)27-10-11-28-18(13-27)16-6-1-2-9-23-16/h1-9,12,18H,10-11,13H2,(H,24,25,26)/t18-/m0/s1. The van der Waals surface area contributed by atoms with E-state index in [1.165, 1.54) is 0 Å². The molecule has 0 bridgehead atoms. The highest BCUT2D eigenvalue weighted by Gasteiger charge is 2.24. The molecule has 0 amide bonds. The van der Waals surface area contributed by atoms with Gasteiger partial charge in [-0.3, -0.25) is 4.98 Å². The third-order valence-electron chi connectivity index (χ3n) is 4.84. The van der Waals surface area contributed by atoms with E-state index >= 15 is 0 Å². The number of benzene rings is 1. The molecule has 7 heteroatoms. The van der Waals surface area contributed by atoms with Gasteiger partial charge in [0.2, 0.25) is 0 Å². The van der Waals surface area contributed by atoms with Crippen molar-refractivity contribution in [3.8, 4) is 11.4 Å². The summed E-state index contributed by atoms with van der Waals surface area (Å²) in [5.41, 5.74) is 3.46. The predicted octanol–water partition coefficient (Wildman–Crippen LogP) is 4.25. The minimum Gasteiger partial charge on any atom is -0.368 e. The molecular formula is C21H18ClN5O. The van der Waals surface area contributed by atoms with Crippen LogP contribution in [0.25, 0.3) is 22.6 Å². The molecule has 0 saturated carbocycles. The molecule has 0 aliphatic carbocycles. The number of ether oxygens (including phenoxy) is 1. The lowest BCUT2D eigenvalue weighted by molar-refractivity contribution is 0.0368. The van der Waals surface area contributed by atoms with Crippen LogP contribution in [0.2, 0.25) is 5.02 Å². The predicted molar refractivity (Wildman–Crippen MR) is 109 cm³/mol. The van der Waals surface area contributed by atoms with Crippen LogP contribution in [0.15, 0.2) is 60.8 Å². The molecule has 1 saturated heterocycles. The lowest BCUT2D eigenvalue weighted by Gasteiger charge is -2.33. The highest BCUT2D eigenvalue weighted by molar-refractivity contribution is 6.30. The smallest absolute Gasteiger partial charge is 0.180 e. The number of pyridine rings is 2. The molecule has 1 atom stereocenters. The summed E-state index contributed by atoms with van der Waals surface area (Å²) in [7, 11) is 0. The summed E-state index contributed by atoms with van der Waals surface area (Å²) in [4.78, 5) is 19.4.